The van der Waals surface area contributed by atoms with Crippen molar-refractivity contribution in [2.75, 3.05) is 24.5 Å². The van der Waals surface area contributed by atoms with E-state index in [0.717, 1.165) is 31.7 Å². The van der Waals surface area contributed by atoms with Gasteiger partial charge in [0.1, 0.15) is 0 Å². The van der Waals surface area contributed by atoms with E-state index in [-0.39, 0.29) is 5.56 Å². The smallest absolute Gasteiger partial charge is 0.268 e. The summed E-state index contributed by atoms with van der Waals surface area (Å²) in [6.07, 6.45) is 2.69. The molecule has 0 radical (unpaired) electrons. The molecule has 1 unspecified atom stereocenters. The van der Waals surface area contributed by atoms with Gasteiger partial charge in [-0.3, -0.25) is 4.79 Å². The Morgan fingerprint density at radius 2 is 2.05 bits per heavy atom. The van der Waals surface area contributed by atoms with Gasteiger partial charge in [-0.05, 0) is 33.7 Å². The van der Waals surface area contributed by atoms with E-state index in [4.69, 9.17) is 0 Å². The Morgan fingerprint density at radius 1 is 1.37 bits per heavy atom. The first kappa shape index (κ1) is 15.7. The molecule has 0 spiro atoms. The average molecular weight is 266 g/mol. The molecule has 0 amide bonds. The molecule has 0 fully saturated rings. The Morgan fingerprint density at radius 3 is 2.58 bits per heavy atom. The summed E-state index contributed by atoms with van der Waals surface area (Å²) in [4.78, 5) is 14.1. The second-order valence-electron chi connectivity index (χ2n) is 4.69. The van der Waals surface area contributed by atoms with Gasteiger partial charge in [-0.1, -0.05) is 6.92 Å². The molecule has 1 atom stereocenters. The first-order valence-corrected chi connectivity index (χ1v) is 7.17. The van der Waals surface area contributed by atoms with E-state index in [1.165, 1.54) is 0 Å². The molecule has 1 aromatic heterocycles. The molecule has 0 aliphatic heterocycles. The van der Waals surface area contributed by atoms with Gasteiger partial charge in [0.15, 0.2) is 0 Å². The quantitative estimate of drug-likeness (QED) is 0.774. The first-order valence-electron chi connectivity index (χ1n) is 7.17. The molecule has 0 saturated carbocycles. The number of hydrogen-bond donors (Lipinski definition) is 1. The maximum absolute atomic E-state index is 12.0. The predicted octanol–water partition coefficient (Wildman–Crippen LogP) is 1.48. The van der Waals surface area contributed by atoms with Gasteiger partial charge in [0.25, 0.3) is 5.56 Å². The summed E-state index contributed by atoms with van der Waals surface area (Å²) in [5, 5.41) is 7.59. The summed E-state index contributed by atoms with van der Waals surface area (Å²) in [6, 6.07) is 2.08. The highest BCUT2D eigenvalue weighted by atomic mass is 16.1. The minimum Gasteiger partial charge on any atom is -0.371 e. The van der Waals surface area contributed by atoms with Gasteiger partial charge in [-0.25, -0.2) is 4.68 Å². The van der Waals surface area contributed by atoms with E-state index in [1.807, 2.05) is 0 Å². The van der Waals surface area contributed by atoms with Crippen molar-refractivity contribution < 1.29 is 0 Å². The average Bonchev–Trinajstić information content (AvgIpc) is 2.39. The standard InChI is InChI=1S/C14H26N4O/c1-5-15-12(4)8-9-18-14(19)10-13(11-16-18)17(6-2)7-3/h10-12,15H,5-9H2,1-4H3. The van der Waals surface area contributed by atoms with Crippen molar-refractivity contribution in [2.24, 2.45) is 0 Å². The Hall–Kier alpha value is -1.36. The lowest BCUT2D eigenvalue weighted by Gasteiger charge is -2.20. The normalized spacial score (nSPS) is 12.4. The zero-order valence-corrected chi connectivity index (χ0v) is 12.5. The predicted molar refractivity (Wildman–Crippen MR) is 79.8 cm³/mol. The molecular weight excluding hydrogens is 240 g/mol. The van der Waals surface area contributed by atoms with Crippen LogP contribution in [0.5, 0.6) is 0 Å². The van der Waals surface area contributed by atoms with E-state index in [9.17, 15) is 4.79 Å². The van der Waals surface area contributed by atoms with Crippen molar-refractivity contribution >= 4 is 5.69 Å². The summed E-state index contributed by atoms with van der Waals surface area (Å²) < 4.78 is 1.54. The molecule has 1 heterocycles. The van der Waals surface area contributed by atoms with Crippen LogP contribution in [0, 0.1) is 0 Å². The largest absolute Gasteiger partial charge is 0.371 e. The third kappa shape index (κ3) is 4.67. The zero-order valence-electron chi connectivity index (χ0n) is 12.5. The monoisotopic (exact) mass is 266 g/mol. The highest BCUT2D eigenvalue weighted by molar-refractivity contribution is 5.42. The van der Waals surface area contributed by atoms with Crippen LogP contribution < -0.4 is 15.8 Å². The van der Waals surface area contributed by atoms with Crippen LogP contribution in [0.25, 0.3) is 0 Å². The molecule has 0 saturated heterocycles. The molecular formula is C14H26N4O. The zero-order chi connectivity index (χ0) is 14.3. The van der Waals surface area contributed by atoms with Gasteiger partial charge in [-0.15, -0.1) is 0 Å². The molecule has 5 heteroatoms. The molecule has 1 aromatic rings. The first-order chi connectivity index (χ1) is 9.12. The summed E-state index contributed by atoms with van der Waals surface area (Å²) >= 11 is 0. The maximum Gasteiger partial charge on any atom is 0.268 e. The van der Waals surface area contributed by atoms with Crippen LogP contribution in [0.3, 0.4) is 0 Å². The highest BCUT2D eigenvalue weighted by Gasteiger charge is 2.06. The molecule has 0 bridgehead atoms. The molecule has 0 aromatic carbocycles. The lowest BCUT2D eigenvalue weighted by atomic mass is 10.2. The van der Waals surface area contributed by atoms with E-state index in [2.05, 4.69) is 43.0 Å². The second kappa shape index (κ2) is 7.94. The Balaban J connectivity index is 2.70. The molecule has 0 aliphatic carbocycles. The van der Waals surface area contributed by atoms with Crippen molar-refractivity contribution in [3.63, 3.8) is 0 Å². The Bertz CT molecular complexity index is 426. The third-order valence-electron chi connectivity index (χ3n) is 3.31. The SMILES string of the molecule is CCNC(C)CCn1ncc(N(CC)CC)cc1=O. The fraction of sp³-hybridized carbons (Fsp3) is 0.714. The molecule has 108 valence electrons. The third-order valence-corrected chi connectivity index (χ3v) is 3.31. The summed E-state index contributed by atoms with van der Waals surface area (Å²) in [5.41, 5.74) is 0.888. The van der Waals surface area contributed by atoms with Gasteiger partial charge in [-0.2, -0.15) is 5.10 Å². The van der Waals surface area contributed by atoms with Crippen LogP contribution in [0.1, 0.15) is 34.1 Å². The topological polar surface area (TPSA) is 50.2 Å². The van der Waals surface area contributed by atoms with Gasteiger partial charge in [0, 0.05) is 31.7 Å². The fourth-order valence-electron chi connectivity index (χ4n) is 2.12. The second-order valence-corrected chi connectivity index (χ2v) is 4.69. The highest BCUT2D eigenvalue weighted by Crippen LogP contribution is 2.08. The van der Waals surface area contributed by atoms with Crippen LogP contribution in [0.4, 0.5) is 5.69 Å². The van der Waals surface area contributed by atoms with Crippen molar-refractivity contribution in [1.29, 1.82) is 0 Å². The molecule has 1 rings (SSSR count). The molecule has 5 nitrogen and oxygen atoms in total. The van der Waals surface area contributed by atoms with Crippen LogP contribution in [-0.2, 0) is 6.54 Å². The summed E-state index contributed by atoms with van der Waals surface area (Å²) in [6.45, 7) is 11.7. The van der Waals surface area contributed by atoms with Crippen molar-refractivity contribution in [3.8, 4) is 0 Å². The number of rotatable bonds is 8. The van der Waals surface area contributed by atoms with Gasteiger partial charge in [0.2, 0.25) is 0 Å². The number of aryl methyl sites for hydroxylation is 1. The maximum atomic E-state index is 12.0. The minimum absolute atomic E-state index is 0.0203. The van der Waals surface area contributed by atoms with Crippen molar-refractivity contribution in [1.82, 2.24) is 15.1 Å². The van der Waals surface area contributed by atoms with Crippen molar-refractivity contribution in [3.05, 3.63) is 22.6 Å². The molecule has 1 N–H and O–H groups in total. The van der Waals surface area contributed by atoms with Crippen molar-refractivity contribution in [2.45, 2.75) is 46.7 Å². The lowest BCUT2D eigenvalue weighted by molar-refractivity contribution is 0.456. The Labute approximate surface area is 115 Å². The van der Waals surface area contributed by atoms with Crippen LogP contribution in [0.15, 0.2) is 17.1 Å². The number of nitrogens with zero attached hydrogens (tertiary/aromatic N) is 3. The van der Waals surface area contributed by atoms with Crippen LogP contribution >= 0.6 is 0 Å². The van der Waals surface area contributed by atoms with Gasteiger partial charge in [0.05, 0.1) is 11.9 Å². The van der Waals surface area contributed by atoms with E-state index in [0.29, 0.717) is 12.6 Å². The molecule has 0 aliphatic rings. The van der Waals surface area contributed by atoms with E-state index < -0.39 is 0 Å². The van der Waals surface area contributed by atoms with Gasteiger partial charge >= 0.3 is 0 Å². The van der Waals surface area contributed by atoms with E-state index >= 15 is 0 Å². The van der Waals surface area contributed by atoms with Gasteiger partial charge < -0.3 is 10.2 Å². The fourth-order valence-corrected chi connectivity index (χ4v) is 2.12. The summed E-state index contributed by atoms with van der Waals surface area (Å²) in [7, 11) is 0. The summed E-state index contributed by atoms with van der Waals surface area (Å²) in [5.74, 6) is 0. The van der Waals surface area contributed by atoms with E-state index in [1.54, 1.807) is 16.9 Å². The van der Waals surface area contributed by atoms with Crippen LogP contribution in [-0.4, -0.2) is 35.5 Å². The number of anilines is 1. The number of aromatic nitrogens is 2. The minimum atomic E-state index is -0.0203. The Kier molecular flexibility index (Phi) is 6.56. The number of nitrogens with one attached hydrogen (secondary N) is 1. The van der Waals surface area contributed by atoms with Crippen LogP contribution in [0.2, 0.25) is 0 Å². The molecule has 19 heavy (non-hydrogen) atoms. The number of hydrogen-bond acceptors (Lipinski definition) is 4. The lowest BCUT2D eigenvalue weighted by Crippen LogP contribution is -2.31.